The minimum atomic E-state index is -0.639. The largest absolute Gasteiger partial charge is 0.481 e. The zero-order valence-corrected chi connectivity index (χ0v) is 31.1. The van der Waals surface area contributed by atoms with Crippen molar-refractivity contribution in [1.29, 1.82) is 0 Å². The van der Waals surface area contributed by atoms with Gasteiger partial charge in [-0.3, -0.25) is 4.79 Å². The third kappa shape index (κ3) is 33.7. The van der Waals surface area contributed by atoms with Crippen molar-refractivity contribution in [1.82, 2.24) is 4.90 Å². The molecule has 0 amide bonds. The fourth-order valence-corrected chi connectivity index (χ4v) is 5.92. The van der Waals surface area contributed by atoms with Crippen molar-refractivity contribution in [2.45, 2.75) is 168 Å². The van der Waals surface area contributed by atoms with Crippen molar-refractivity contribution >= 4 is 5.97 Å². The Morgan fingerprint density at radius 1 is 0.609 bits per heavy atom. The first-order valence-electron chi connectivity index (χ1n) is 19.6. The Kier molecular flexibility index (Phi) is 34.9. The van der Waals surface area contributed by atoms with Gasteiger partial charge in [0.1, 0.15) is 0 Å². The van der Waals surface area contributed by atoms with Gasteiger partial charge in [-0.1, -0.05) is 133 Å². The van der Waals surface area contributed by atoms with Gasteiger partial charge >= 0.3 is 5.97 Å². The van der Waals surface area contributed by atoms with Crippen LogP contribution in [0, 0.1) is 11.8 Å². The van der Waals surface area contributed by atoms with Crippen LogP contribution < -0.4 is 0 Å². The molecule has 0 aromatic heterocycles. The van der Waals surface area contributed by atoms with E-state index in [0.717, 1.165) is 58.1 Å². The second kappa shape index (κ2) is 36.2. The van der Waals surface area contributed by atoms with Crippen LogP contribution in [-0.4, -0.2) is 49.8 Å². The Labute approximate surface area is 287 Å². The average molecular weight is 644 g/mol. The zero-order chi connectivity index (χ0) is 33.8. The lowest BCUT2D eigenvalue weighted by molar-refractivity contribution is -0.142. The Hall–Kier alpha value is -1.65. The van der Waals surface area contributed by atoms with Gasteiger partial charge in [-0.15, -0.1) is 0 Å². The van der Waals surface area contributed by atoms with Crippen molar-refractivity contribution in [2.75, 3.05) is 33.9 Å². The number of carbonyl (C=O) groups is 1. The summed E-state index contributed by atoms with van der Waals surface area (Å²) < 4.78 is 6.08. The van der Waals surface area contributed by atoms with Gasteiger partial charge in [0.25, 0.3) is 0 Å². The van der Waals surface area contributed by atoms with E-state index in [9.17, 15) is 9.90 Å². The van der Waals surface area contributed by atoms with Crippen LogP contribution in [0.1, 0.15) is 168 Å². The van der Waals surface area contributed by atoms with Crippen molar-refractivity contribution in [3.63, 3.8) is 0 Å². The second-order valence-electron chi connectivity index (χ2n) is 13.7. The molecule has 0 aliphatic heterocycles. The van der Waals surface area contributed by atoms with Gasteiger partial charge < -0.3 is 14.7 Å². The first kappa shape index (κ1) is 44.4. The van der Waals surface area contributed by atoms with Gasteiger partial charge in [0.15, 0.2) is 0 Å². The van der Waals surface area contributed by atoms with Crippen LogP contribution in [0.3, 0.4) is 0 Å². The highest BCUT2D eigenvalue weighted by atomic mass is 16.5. The van der Waals surface area contributed by atoms with Crippen LogP contribution in [0.15, 0.2) is 48.6 Å². The fourth-order valence-electron chi connectivity index (χ4n) is 5.92. The van der Waals surface area contributed by atoms with E-state index in [4.69, 9.17) is 4.74 Å². The molecule has 0 rings (SSSR count). The highest BCUT2D eigenvalue weighted by Gasteiger charge is 2.23. The summed E-state index contributed by atoms with van der Waals surface area (Å²) in [6.07, 6.45) is 46.8. The summed E-state index contributed by atoms with van der Waals surface area (Å²) in [5, 5.41) is 9.91. The lowest BCUT2D eigenvalue weighted by Gasteiger charge is -2.24. The monoisotopic (exact) mass is 644 g/mol. The molecule has 0 bridgehead atoms. The fraction of sp³-hybridized carbons (Fsp3) is 0.786. The number of allylic oxidation sites excluding steroid dienone is 8. The molecule has 268 valence electrons. The summed E-state index contributed by atoms with van der Waals surface area (Å²) in [6.45, 7) is 6.84. The molecular formula is C42H77NO3. The summed E-state index contributed by atoms with van der Waals surface area (Å²) in [6, 6.07) is 0. The number of aliphatic carboxylic acids is 1. The lowest BCUT2D eigenvalue weighted by atomic mass is 9.90. The molecule has 0 radical (unpaired) electrons. The maximum Gasteiger partial charge on any atom is 0.306 e. The van der Waals surface area contributed by atoms with Crippen molar-refractivity contribution in [3.05, 3.63) is 48.6 Å². The number of unbranched alkanes of at least 4 members (excludes halogenated alkanes) is 16. The molecule has 4 nitrogen and oxygen atoms in total. The SMILES string of the molecule is CCCCC/C=C\C/C=C\CCCCCCCCOCC(CC(CCCCCC/C=C\C/C=C\CCCCC)C(=O)O)CN(C)C. The van der Waals surface area contributed by atoms with E-state index in [-0.39, 0.29) is 11.8 Å². The van der Waals surface area contributed by atoms with Gasteiger partial charge in [0.05, 0.1) is 12.5 Å². The van der Waals surface area contributed by atoms with E-state index in [2.05, 4.69) is 81.5 Å². The molecule has 2 unspecified atom stereocenters. The summed E-state index contributed by atoms with van der Waals surface area (Å²) in [4.78, 5) is 14.2. The molecule has 4 heteroatoms. The molecule has 0 aromatic carbocycles. The van der Waals surface area contributed by atoms with E-state index in [1.807, 2.05) is 0 Å². The number of nitrogens with zero attached hydrogens (tertiary/aromatic N) is 1. The summed E-state index contributed by atoms with van der Waals surface area (Å²) >= 11 is 0. The van der Waals surface area contributed by atoms with Gasteiger partial charge in [-0.25, -0.2) is 0 Å². The number of hydrogen-bond acceptors (Lipinski definition) is 3. The van der Waals surface area contributed by atoms with Crippen LogP contribution in [0.5, 0.6) is 0 Å². The number of carboxylic acids is 1. The second-order valence-corrected chi connectivity index (χ2v) is 13.7. The quantitative estimate of drug-likeness (QED) is 0.0551. The summed E-state index contributed by atoms with van der Waals surface area (Å²) in [7, 11) is 4.15. The Morgan fingerprint density at radius 3 is 1.50 bits per heavy atom. The first-order chi connectivity index (χ1) is 22.5. The number of hydrogen-bond donors (Lipinski definition) is 1. The predicted octanol–water partition coefficient (Wildman–Crippen LogP) is 12.5. The third-order valence-electron chi connectivity index (χ3n) is 8.69. The van der Waals surface area contributed by atoms with E-state index >= 15 is 0 Å². The average Bonchev–Trinajstić information content (AvgIpc) is 3.03. The number of rotatable bonds is 35. The highest BCUT2D eigenvalue weighted by Crippen LogP contribution is 2.21. The van der Waals surface area contributed by atoms with Crippen LogP contribution in [0.2, 0.25) is 0 Å². The molecule has 0 aromatic rings. The van der Waals surface area contributed by atoms with E-state index in [1.165, 1.54) is 103 Å². The summed E-state index contributed by atoms with van der Waals surface area (Å²) in [5.74, 6) is -0.634. The molecular weight excluding hydrogens is 566 g/mol. The standard InChI is InChI=1S/C42H77NO3/c1-5-7-9-11-13-15-17-19-21-22-24-26-28-30-32-34-36-46-39-40(38-43(3)4)37-41(42(44)45)35-33-31-29-27-25-23-20-18-16-14-12-10-8-6-2/h13-16,19-21,23,40-41H,5-12,17-18,22,24-39H2,1-4H3,(H,44,45)/b15-13-,16-14-,21-19-,23-20-. The molecule has 0 heterocycles. The molecule has 0 fully saturated rings. The summed E-state index contributed by atoms with van der Waals surface area (Å²) in [5.41, 5.74) is 0. The highest BCUT2D eigenvalue weighted by molar-refractivity contribution is 5.69. The number of carboxylic acid groups (broad SMARTS) is 1. The molecule has 2 atom stereocenters. The van der Waals surface area contributed by atoms with E-state index in [0.29, 0.717) is 13.0 Å². The minimum Gasteiger partial charge on any atom is -0.481 e. The molecule has 0 aliphatic carbocycles. The topological polar surface area (TPSA) is 49.8 Å². The van der Waals surface area contributed by atoms with Gasteiger partial charge in [0, 0.05) is 13.2 Å². The van der Waals surface area contributed by atoms with Crippen LogP contribution >= 0.6 is 0 Å². The van der Waals surface area contributed by atoms with Crippen molar-refractivity contribution < 1.29 is 14.6 Å². The van der Waals surface area contributed by atoms with Crippen LogP contribution in [-0.2, 0) is 9.53 Å². The Balaban J connectivity index is 3.96. The molecule has 0 saturated heterocycles. The predicted molar refractivity (Wildman–Crippen MR) is 203 cm³/mol. The van der Waals surface area contributed by atoms with Gasteiger partial charge in [0.2, 0.25) is 0 Å². The van der Waals surface area contributed by atoms with Gasteiger partial charge in [-0.2, -0.15) is 0 Å². The maximum atomic E-state index is 12.1. The van der Waals surface area contributed by atoms with E-state index < -0.39 is 5.97 Å². The molecule has 1 N–H and O–H groups in total. The van der Waals surface area contributed by atoms with Crippen LogP contribution in [0.4, 0.5) is 0 Å². The molecule has 0 spiro atoms. The molecule has 46 heavy (non-hydrogen) atoms. The molecule has 0 saturated carbocycles. The van der Waals surface area contributed by atoms with Gasteiger partial charge in [-0.05, 0) is 103 Å². The third-order valence-corrected chi connectivity index (χ3v) is 8.69. The molecule has 0 aliphatic rings. The number of ether oxygens (including phenoxy) is 1. The van der Waals surface area contributed by atoms with E-state index in [1.54, 1.807) is 0 Å². The maximum absolute atomic E-state index is 12.1. The van der Waals surface area contributed by atoms with Crippen LogP contribution in [0.25, 0.3) is 0 Å². The first-order valence-corrected chi connectivity index (χ1v) is 19.6. The Bertz CT molecular complexity index is 754. The van der Waals surface area contributed by atoms with Crippen molar-refractivity contribution in [2.24, 2.45) is 11.8 Å². The van der Waals surface area contributed by atoms with Crippen molar-refractivity contribution in [3.8, 4) is 0 Å². The minimum absolute atomic E-state index is 0.264. The lowest BCUT2D eigenvalue weighted by Crippen LogP contribution is -2.29. The normalized spacial score (nSPS) is 13.8. The Morgan fingerprint density at radius 2 is 1.04 bits per heavy atom. The smallest absolute Gasteiger partial charge is 0.306 e. The zero-order valence-electron chi connectivity index (χ0n) is 31.1.